The Balaban J connectivity index is 1.40. The third kappa shape index (κ3) is 5.43. The van der Waals surface area contributed by atoms with E-state index in [1.165, 1.54) is 17.0 Å². The average molecular weight is 714 g/mol. The van der Waals surface area contributed by atoms with Crippen LogP contribution < -0.4 is 15.4 Å². The Hall–Kier alpha value is -4.19. The molecule has 9 nitrogen and oxygen atoms in total. The van der Waals surface area contributed by atoms with Gasteiger partial charge in [-0.1, -0.05) is 24.2 Å². The van der Waals surface area contributed by atoms with Gasteiger partial charge in [-0.15, -0.1) is 11.3 Å². The minimum absolute atomic E-state index is 0.00780. The van der Waals surface area contributed by atoms with Gasteiger partial charge in [0.05, 0.1) is 33.4 Å². The second kappa shape index (κ2) is 12.6. The van der Waals surface area contributed by atoms with Crippen LogP contribution in [-0.2, 0) is 4.79 Å². The molecule has 1 amide bonds. The molecule has 15 heteroatoms. The minimum Gasteiger partial charge on any atom is -0.461 e. The summed E-state index contributed by atoms with van der Waals surface area (Å²) in [7, 11) is 0. The molecule has 0 bridgehead atoms. The molecule has 2 aromatic heterocycles. The predicted molar refractivity (Wildman–Crippen MR) is 181 cm³/mol. The van der Waals surface area contributed by atoms with Crippen molar-refractivity contribution in [3.63, 3.8) is 0 Å². The number of hydrogen-bond donors (Lipinski definition) is 1. The Morgan fingerprint density at radius 2 is 2.10 bits per heavy atom. The first kappa shape index (κ1) is 33.3. The number of amides is 1. The van der Waals surface area contributed by atoms with Crippen LogP contribution in [0, 0.1) is 23.0 Å². The molecule has 4 aromatic rings. The number of thiophene rings is 1. The summed E-state index contributed by atoms with van der Waals surface area (Å²) in [5.41, 5.74) is 5.27. The third-order valence-corrected chi connectivity index (χ3v) is 11.3. The third-order valence-electron chi connectivity index (χ3n) is 9.99. The quantitative estimate of drug-likeness (QED) is 0.165. The molecule has 4 atom stereocenters. The van der Waals surface area contributed by atoms with Crippen molar-refractivity contribution in [1.29, 1.82) is 5.26 Å². The highest BCUT2D eigenvalue weighted by molar-refractivity contribution is 7.23. The molecule has 0 spiro atoms. The van der Waals surface area contributed by atoms with Gasteiger partial charge in [0.1, 0.15) is 47.2 Å². The highest BCUT2D eigenvalue weighted by Gasteiger charge is 2.49. The molecule has 2 aromatic carbocycles. The lowest BCUT2D eigenvalue weighted by Crippen LogP contribution is -2.44. The molecular formula is C34H32ClF4N7O2S. The number of carbonyl (C=O) groups is 1. The van der Waals surface area contributed by atoms with Gasteiger partial charge in [-0.3, -0.25) is 9.69 Å². The molecule has 2 N–H and O–H groups in total. The van der Waals surface area contributed by atoms with Crippen LogP contribution in [0.4, 0.5) is 28.4 Å². The first-order valence-corrected chi connectivity index (χ1v) is 17.1. The van der Waals surface area contributed by atoms with Crippen molar-refractivity contribution in [2.75, 3.05) is 50.0 Å². The summed E-state index contributed by atoms with van der Waals surface area (Å²) < 4.78 is 68.4. The van der Waals surface area contributed by atoms with Crippen molar-refractivity contribution < 1.29 is 27.1 Å². The summed E-state index contributed by atoms with van der Waals surface area (Å²) in [4.78, 5) is 26.6. The molecule has 49 heavy (non-hydrogen) atoms. The number of nitrogen functional groups attached to an aromatic ring is 1. The number of likely N-dealkylation sites (tertiary alicyclic amines) is 1. The van der Waals surface area contributed by atoms with E-state index in [9.17, 15) is 18.8 Å². The predicted octanol–water partition coefficient (Wildman–Crippen LogP) is 6.41. The summed E-state index contributed by atoms with van der Waals surface area (Å²) in [5.74, 6) is -1.81. The number of alkyl halides is 2. The smallest absolute Gasteiger partial charge is 0.319 e. The summed E-state index contributed by atoms with van der Waals surface area (Å²) in [6, 6.07) is 4.87. The van der Waals surface area contributed by atoms with E-state index in [4.69, 9.17) is 22.1 Å². The van der Waals surface area contributed by atoms with Crippen molar-refractivity contribution in [1.82, 2.24) is 19.8 Å². The average Bonchev–Trinajstić information content (AvgIpc) is 3.82. The van der Waals surface area contributed by atoms with Gasteiger partial charge in [-0.2, -0.15) is 15.2 Å². The lowest BCUT2D eigenvalue weighted by atomic mass is 9.95. The minimum atomic E-state index is -1.47. The van der Waals surface area contributed by atoms with Crippen molar-refractivity contribution in [3.05, 3.63) is 53.1 Å². The van der Waals surface area contributed by atoms with Crippen LogP contribution in [-0.4, -0.2) is 88.9 Å². The molecule has 7 rings (SSSR count). The number of carbonyl (C=O) groups excluding carboxylic acids is 1. The summed E-state index contributed by atoms with van der Waals surface area (Å²) in [6.07, 6.45) is 0.529. The summed E-state index contributed by atoms with van der Waals surface area (Å²) in [6.45, 7) is 6.46. The fourth-order valence-electron chi connectivity index (χ4n) is 7.74. The molecule has 256 valence electrons. The van der Waals surface area contributed by atoms with E-state index in [-0.39, 0.29) is 92.2 Å². The molecular weight excluding hydrogens is 682 g/mol. The number of aromatic nitrogens is 2. The van der Waals surface area contributed by atoms with E-state index in [1.807, 2.05) is 6.07 Å². The molecule has 0 saturated carbocycles. The van der Waals surface area contributed by atoms with Crippen molar-refractivity contribution in [2.24, 2.45) is 0 Å². The highest BCUT2D eigenvalue weighted by Crippen LogP contribution is 2.46. The number of nitrogens with two attached hydrogens (primary N) is 1. The standard InChI is InChI=1S/C34H32ClF4N7O2S/c1-3-25(47)44-14-23(38)24(15-44)46(4-2)32-19-10-21(35)27(18-6-7-22(37)30-26(18)20(12-40)31(41)49-30)28(39)29(19)42-33(43-32)48-16-34-8-5-9-45(34)13-17(36)11-34/h3,6-7,10,17,23-24H,1,4-5,8-9,11,13-16,41H2,2H3/t17-,23-,24+,34+/m1/s1. The normalized spacial score (nSPS) is 23.7. The van der Waals surface area contributed by atoms with E-state index < -0.39 is 41.5 Å². The molecule has 0 radical (unpaired) electrons. The largest absolute Gasteiger partial charge is 0.461 e. The van der Waals surface area contributed by atoms with Gasteiger partial charge in [0.2, 0.25) is 5.91 Å². The maximum atomic E-state index is 17.0. The number of rotatable bonds is 8. The maximum Gasteiger partial charge on any atom is 0.319 e. The number of nitriles is 1. The van der Waals surface area contributed by atoms with Gasteiger partial charge in [0.15, 0.2) is 5.82 Å². The molecule has 3 aliphatic rings. The number of hydrogen-bond acceptors (Lipinski definition) is 9. The van der Waals surface area contributed by atoms with E-state index in [1.54, 1.807) is 11.8 Å². The highest BCUT2D eigenvalue weighted by atomic mass is 35.5. The number of halogens is 5. The number of anilines is 2. The number of ether oxygens (including phenoxy) is 1. The van der Waals surface area contributed by atoms with Crippen LogP contribution in [0.3, 0.4) is 0 Å². The van der Waals surface area contributed by atoms with Gasteiger partial charge in [0, 0.05) is 42.4 Å². The van der Waals surface area contributed by atoms with Gasteiger partial charge in [-0.05, 0) is 50.1 Å². The van der Waals surface area contributed by atoms with Crippen LogP contribution >= 0.6 is 22.9 Å². The van der Waals surface area contributed by atoms with Gasteiger partial charge in [-0.25, -0.2) is 17.6 Å². The van der Waals surface area contributed by atoms with E-state index in [0.717, 1.165) is 36.4 Å². The second-order valence-corrected chi connectivity index (χ2v) is 14.2. The number of fused-ring (bicyclic) bond motifs is 3. The molecule has 3 saturated heterocycles. The fraction of sp³-hybridized carbons (Fsp3) is 0.412. The molecule has 5 heterocycles. The van der Waals surface area contributed by atoms with E-state index >= 15 is 8.78 Å². The van der Waals surface area contributed by atoms with Crippen molar-refractivity contribution in [2.45, 2.75) is 50.1 Å². The molecule has 3 aliphatic heterocycles. The Bertz CT molecular complexity index is 2060. The fourth-order valence-corrected chi connectivity index (χ4v) is 8.98. The van der Waals surface area contributed by atoms with Crippen LogP contribution in [0.2, 0.25) is 5.02 Å². The zero-order valence-corrected chi connectivity index (χ0v) is 28.1. The van der Waals surface area contributed by atoms with Crippen LogP contribution in [0.15, 0.2) is 30.9 Å². The first-order valence-electron chi connectivity index (χ1n) is 15.9. The molecule has 0 aliphatic carbocycles. The lowest BCUT2D eigenvalue weighted by Gasteiger charge is -2.32. The van der Waals surface area contributed by atoms with Crippen LogP contribution in [0.1, 0.15) is 31.7 Å². The van der Waals surface area contributed by atoms with Crippen LogP contribution in [0.5, 0.6) is 6.01 Å². The van der Waals surface area contributed by atoms with Crippen molar-refractivity contribution >= 4 is 60.7 Å². The van der Waals surface area contributed by atoms with Crippen molar-refractivity contribution in [3.8, 4) is 23.2 Å². The van der Waals surface area contributed by atoms with E-state index in [2.05, 4.69) is 21.4 Å². The first-order chi connectivity index (χ1) is 23.5. The van der Waals surface area contributed by atoms with Gasteiger partial charge < -0.3 is 20.3 Å². The molecule has 3 fully saturated rings. The number of benzene rings is 2. The van der Waals surface area contributed by atoms with Crippen LogP contribution in [0.25, 0.3) is 32.1 Å². The number of nitrogens with zero attached hydrogens (tertiary/aromatic N) is 6. The number of likely N-dealkylation sites (N-methyl/N-ethyl adjacent to an activating group) is 1. The lowest BCUT2D eigenvalue weighted by molar-refractivity contribution is -0.125. The van der Waals surface area contributed by atoms with E-state index in [0.29, 0.717) is 13.0 Å². The zero-order valence-electron chi connectivity index (χ0n) is 26.5. The Kier molecular flexibility index (Phi) is 8.57. The maximum absolute atomic E-state index is 17.0. The Morgan fingerprint density at radius 1 is 1.31 bits per heavy atom. The summed E-state index contributed by atoms with van der Waals surface area (Å²) in [5, 5.41) is 10.1. The summed E-state index contributed by atoms with van der Waals surface area (Å²) >= 11 is 7.68. The van der Waals surface area contributed by atoms with Gasteiger partial charge in [0.25, 0.3) is 0 Å². The monoisotopic (exact) mass is 713 g/mol. The zero-order chi connectivity index (χ0) is 34.8. The topological polar surface area (TPSA) is 112 Å². The Morgan fingerprint density at radius 3 is 2.84 bits per heavy atom. The molecule has 0 unspecified atom stereocenters. The Labute approximate surface area is 288 Å². The van der Waals surface area contributed by atoms with Gasteiger partial charge >= 0.3 is 6.01 Å². The second-order valence-electron chi connectivity index (χ2n) is 12.7. The SMILES string of the molecule is C=CC(=O)N1C[C@@H](F)[C@@H](N(CC)c2nc(OC[C@@]34CCCN3C[C@H](F)C4)nc3c(F)c(-c4ccc(F)c5sc(N)c(C#N)c45)c(Cl)cc23)C1.